The summed E-state index contributed by atoms with van der Waals surface area (Å²) < 4.78 is 11.7. The monoisotopic (exact) mass is 476 g/mol. The zero-order chi connectivity index (χ0) is 23.4. The van der Waals surface area contributed by atoms with E-state index in [9.17, 15) is 9.59 Å². The Balaban J connectivity index is 1.18. The molecule has 2 aromatic carbocycles. The maximum Gasteiger partial charge on any atom is 0.254 e. The van der Waals surface area contributed by atoms with Crippen LogP contribution in [0.4, 0.5) is 0 Å². The number of allylic oxidation sites excluding steroid dienone is 2. The van der Waals surface area contributed by atoms with Gasteiger partial charge in [-0.25, -0.2) is 0 Å². The molecule has 2 aromatic rings. The van der Waals surface area contributed by atoms with Crippen LogP contribution in [-0.2, 0) is 16.2 Å². The summed E-state index contributed by atoms with van der Waals surface area (Å²) in [5, 5.41) is 6.10. The largest absolute Gasteiger partial charge is 0.490 e. The van der Waals surface area contributed by atoms with Crippen LogP contribution in [0, 0.1) is 35.5 Å². The maximum absolute atomic E-state index is 13.1. The van der Waals surface area contributed by atoms with E-state index in [0.29, 0.717) is 41.6 Å². The number of nitrogens with zero attached hydrogens (tertiary/aromatic N) is 2. The van der Waals surface area contributed by atoms with E-state index in [1.165, 1.54) is 0 Å². The third kappa shape index (κ3) is 3.52. The third-order valence-electron chi connectivity index (χ3n) is 7.54. The van der Waals surface area contributed by atoms with Gasteiger partial charge in [0.05, 0.1) is 24.7 Å². The zero-order valence-electron chi connectivity index (χ0n) is 18.8. The predicted molar refractivity (Wildman–Crippen MR) is 128 cm³/mol. The molecule has 0 unspecified atom stereocenters. The molecule has 34 heavy (non-hydrogen) atoms. The summed E-state index contributed by atoms with van der Waals surface area (Å²) >= 11 is 5.95. The number of amides is 2. The molecule has 7 rings (SSSR count). The Labute approximate surface area is 203 Å². The molecule has 0 aromatic heterocycles. The second kappa shape index (κ2) is 8.27. The van der Waals surface area contributed by atoms with Crippen molar-refractivity contribution in [3.8, 4) is 11.5 Å². The first kappa shape index (κ1) is 21.4. The van der Waals surface area contributed by atoms with Gasteiger partial charge < -0.3 is 9.47 Å². The molecule has 1 heterocycles. The standard InChI is InChI=1S/C27H25ClN2O4/c1-2-33-23-11-16(5-10-22(23)34-14-15-3-6-17(28)7-4-15)13-29-30-26(31)24-18-8-9-19(21-12-20(18)21)25(24)27(30)32/h3-11,13,18-21,24-25H,2,12,14H2,1H3/t18-,19-,20-,21+,24+,25+/m0/s1. The van der Waals surface area contributed by atoms with E-state index in [0.717, 1.165) is 22.6 Å². The molecular weight excluding hydrogens is 452 g/mol. The number of halogens is 1. The van der Waals surface area contributed by atoms with Crippen molar-refractivity contribution in [1.82, 2.24) is 5.01 Å². The van der Waals surface area contributed by atoms with Crippen LogP contribution < -0.4 is 9.47 Å². The number of rotatable bonds is 7. The van der Waals surface area contributed by atoms with Crippen LogP contribution in [0.25, 0.3) is 0 Å². The van der Waals surface area contributed by atoms with E-state index >= 15 is 0 Å². The van der Waals surface area contributed by atoms with Crippen molar-refractivity contribution in [3.63, 3.8) is 0 Å². The van der Waals surface area contributed by atoms with E-state index < -0.39 is 0 Å². The highest BCUT2D eigenvalue weighted by Gasteiger charge is 2.67. The highest BCUT2D eigenvalue weighted by molar-refractivity contribution is 6.30. The quantitative estimate of drug-likeness (QED) is 0.330. The molecule has 0 N–H and O–H groups in total. The number of hydrogen-bond donors (Lipinski definition) is 0. The smallest absolute Gasteiger partial charge is 0.254 e. The lowest BCUT2D eigenvalue weighted by molar-refractivity contribution is -0.140. The van der Waals surface area contributed by atoms with E-state index in [4.69, 9.17) is 21.1 Å². The molecule has 0 radical (unpaired) electrons. The highest BCUT2D eigenvalue weighted by atomic mass is 35.5. The fraction of sp³-hybridized carbons (Fsp3) is 0.370. The van der Waals surface area contributed by atoms with Crippen LogP contribution in [-0.4, -0.2) is 29.6 Å². The molecule has 1 saturated heterocycles. The fourth-order valence-corrected chi connectivity index (χ4v) is 6.04. The number of benzene rings is 2. The van der Waals surface area contributed by atoms with Crippen molar-refractivity contribution in [1.29, 1.82) is 0 Å². The van der Waals surface area contributed by atoms with Crippen LogP contribution in [0.3, 0.4) is 0 Å². The highest BCUT2D eigenvalue weighted by Crippen LogP contribution is 2.65. The molecule has 0 spiro atoms. The second-order valence-corrected chi connectivity index (χ2v) is 9.88. The average molecular weight is 477 g/mol. The Bertz CT molecular complexity index is 1170. The Kier molecular flexibility index (Phi) is 5.21. The number of hydrogen-bond acceptors (Lipinski definition) is 5. The lowest BCUT2D eigenvalue weighted by atomic mass is 9.63. The molecule has 2 saturated carbocycles. The molecule has 1 aliphatic heterocycles. The number of ether oxygens (including phenoxy) is 2. The Morgan fingerprint density at radius 3 is 2.29 bits per heavy atom. The molecule has 6 nitrogen and oxygen atoms in total. The Hall–Kier alpha value is -3.12. The van der Waals surface area contributed by atoms with Gasteiger partial charge in [0, 0.05) is 5.02 Å². The first-order valence-corrected chi connectivity index (χ1v) is 12.2. The Morgan fingerprint density at radius 1 is 0.971 bits per heavy atom. The molecule has 3 fully saturated rings. The molecule has 5 aliphatic rings. The lowest BCUT2D eigenvalue weighted by Crippen LogP contribution is -2.40. The van der Waals surface area contributed by atoms with Gasteiger partial charge in [-0.05, 0) is 78.5 Å². The van der Waals surface area contributed by atoms with Crippen LogP contribution >= 0.6 is 11.6 Å². The minimum absolute atomic E-state index is 0.163. The maximum atomic E-state index is 13.1. The molecule has 4 aliphatic carbocycles. The molecule has 2 bridgehead atoms. The van der Waals surface area contributed by atoms with Gasteiger partial charge in [-0.3, -0.25) is 9.59 Å². The average Bonchev–Trinajstić information content (AvgIpc) is 3.63. The van der Waals surface area contributed by atoms with Gasteiger partial charge in [-0.2, -0.15) is 10.1 Å². The second-order valence-electron chi connectivity index (χ2n) is 9.44. The van der Waals surface area contributed by atoms with Gasteiger partial charge in [-0.1, -0.05) is 35.9 Å². The lowest BCUT2D eigenvalue weighted by Gasteiger charge is -2.37. The van der Waals surface area contributed by atoms with E-state index in [-0.39, 0.29) is 35.5 Å². The van der Waals surface area contributed by atoms with E-state index in [2.05, 4.69) is 17.3 Å². The minimum atomic E-state index is -0.244. The van der Waals surface area contributed by atoms with E-state index in [1.807, 2.05) is 49.4 Å². The summed E-state index contributed by atoms with van der Waals surface area (Å²) in [6.07, 6.45) is 7.02. The van der Waals surface area contributed by atoms with Crippen molar-refractivity contribution < 1.29 is 19.1 Å². The first-order valence-electron chi connectivity index (χ1n) is 11.8. The van der Waals surface area contributed by atoms with E-state index in [1.54, 1.807) is 6.21 Å². The fourth-order valence-electron chi connectivity index (χ4n) is 5.91. The minimum Gasteiger partial charge on any atom is -0.490 e. The zero-order valence-corrected chi connectivity index (χ0v) is 19.5. The predicted octanol–water partition coefficient (Wildman–Crippen LogP) is 4.70. The van der Waals surface area contributed by atoms with Gasteiger partial charge >= 0.3 is 0 Å². The summed E-state index contributed by atoms with van der Waals surface area (Å²) in [5.74, 6) is 1.91. The van der Waals surface area contributed by atoms with Gasteiger partial charge in [0.25, 0.3) is 11.8 Å². The summed E-state index contributed by atoms with van der Waals surface area (Å²) in [4.78, 5) is 26.2. The van der Waals surface area contributed by atoms with Crippen LogP contribution in [0.1, 0.15) is 24.5 Å². The third-order valence-corrected chi connectivity index (χ3v) is 7.79. The summed E-state index contributed by atoms with van der Waals surface area (Å²) in [6.45, 7) is 2.75. The SMILES string of the molecule is CCOc1cc(C=NN2C(=O)[C@@H]3[C@H]4C=C[C@@H]([C@@H]5C[C@H]45)[C@H]3C2=O)ccc1OCc1ccc(Cl)cc1. The molecule has 174 valence electrons. The first-order chi connectivity index (χ1) is 16.5. The van der Waals surface area contributed by atoms with Crippen LogP contribution in [0.5, 0.6) is 11.5 Å². The van der Waals surface area contributed by atoms with Crippen molar-refractivity contribution in [3.05, 3.63) is 70.8 Å². The number of carbonyl (C=O) groups excluding carboxylic acids is 2. The molecular formula is C27H25ClN2O4. The van der Waals surface area contributed by atoms with Crippen molar-refractivity contribution >= 4 is 29.6 Å². The summed E-state index contributed by atoms with van der Waals surface area (Å²) in [7, 11) is 0. The Morgan fingerprint density at radius 2 is 1.65 bits per heavy atom. The van der Waals surface area contributed by atoms with Crippen LogP contribution in [0.15, 0.2) is 59.7 Å². The van der Waals surface area contributed by atoms with Gasteiger partial charge in [0.15, 0.2) is 11.5 Å². The van der Waals surface area contributed by atoms with Crippen molar-refractivity contribution in [2.75, 3.05) is 6.61 Å². The summed E-state index contributed by atoms with van der Waals surface area (Å²) in [6, 6.07) is 12.9. The topological polar surface area (TPSA) is 68.2 Å². The number of carbonyl (C=O) groups is 2. The molecule has 6 atom stereocenters. The number of imide groups is 1. The molecule has 2 amide bonds. The summed E-state index contributed by atoms with van der Waals surface area (Å²) in [5.41, 5.74) is 1.72. The van der Waals surface area contributed by atoms with Crippen molar-refractivity contribution in [2.45, 2.75) is 20.0 Å². The normalized spacial score (nSPS) is 30.6. The van der Waals surface area contributed by atoms with Crippen LogP contribution in [0.2, 0.25) is 5.02 Å². The van der Waals surface area contributed by atoms with Gasteiger partial charge in [-0.15, -0.1) is 0 Å². The van der Waals surface area contributed by atoms with Gasteiger partial charge in [0.2, 0.25) is 0 Å². The van der Waals surface area contributed by atoms with Gasteiger partial charge in [0.1, 0.15) is 6.61 Å². The molecule has 7 heteroatoms. The number of hydrazone groups is 1. The van der Waals surface area contributed by atoms with Crippen molar-refractivity contribution in [2.24, 2.45) is 40.6 Å².